The third-order valence-corrected chi connectivity index (χ3v) is 5.02. The van der Waals surface area contributed by atoms with Crippen molar-refractivity contribution in [3.05, 3.63) is 33.7 Å². The zero-order valence-corrected chi connectivity index (χ0v) is 18.2. The van der Waals surface area contributed by atoms with Crippen molar-refractivity contribution in [3.63, 3.8) is 0 Å². The maximum atomic E-state index is 12.7. The third kappa shape index (κ3) is 5.16. The average molecular weight is 406 g/mol. The number of esters is 1. The van der Waals surface area contributed by atoms with Crippen molar-refractivity contribution in [2.75, 3.05) is 13.7 Å². The zero-order valence-electron chi connectivity index (χ0n) is 17.4. The Morgan fingerprint density at radius 2 is 1.89 bits per heavy atom. The first kappa shape index (κ1) is 22.0. The van der Waals surface area contributed by atoms with Gasteiger partial charge >= 0.3 is 5.97 Å². The van der Waals surface area contributed by atoms with Crippen molar-refractivity contribution in [1.29, 1.82) is 0 Å². The van der Waals surface area contributed by atoms with E-state index in [0.717, 1.165) is 39.1 Å². The SMILES string of the molecule is COc1cc(C)c(C=C2SC(=O)N(CC(=O)OC(C)(C)C)C2=O)cc1C(C)C. The van der Waals surface area contributed by atoms with Gasteiger partial charge in [0.05, 0.1) is 12.0 Å². The number of carbonyl (C=O) groups excluding carboxylic acids is 3. The summed E-state index contributed by atoms with van der Waals surface area (Å²) in [5, 5.41) is -0.475. The Kier molecular flexibility index (Phi) is 6.59. The van der Waals surface area contributed by atoms with Crippen LogP contribution in [0.25, 0.3) is 6.08 Å². The summed E-state index contributed by atoms with van der Waals surface area (Å²) < 4.78 is 10.7. The monoisotopic (exact) mass is 405 g/mol. The van der Waals surface area contributed by atoms with Crippen molar-refractivity contribution in [3.8, 4) is 5.75 Å². The Labute approximate surface area is 170 Å². The van der Waals surface area contributed by atoms with E-state index in [2.05, 4.69) is 13.8 Å². The highest BCUT2D eigenvalue weighted by molar-refractivity contribution is 8.18. The molecule has 1 aromatic rings. The summed E-state index contributed by atoms with van der Waals surface area (Å²) in [4.78, 5) is 38.1. The van der Waals surface area contributed by atoms with E-state index in [1.807, 2.05) is 19.1 Å². The summed E-state index contributed by atoms with van der Waals surface area (Å²) in [6, 6.07) is 3.90. The summed E-state index contributed by atoms with van der Waals surface area (Å²) in [5.74, 6) is -0.0615. The fourth-order valence-corrected chi connectivity index (χ4v) is 3.61. The van der Waals surface area contributed by atoms with Gasteiger partial charge in [0.15, 0.2) is 0 Å². The number of amides is 2. The summed E-state index contributed by atoms with van der Waals surface area (Å²) in [7, 11) is 1.63. The topological polar surface area (TPSA) is 72.9 Å². The lowest BCUT2D eigenvalue weighted by Crippen LogP contribution is -2.37. The van der Waals surface area contributed by atoms with Crippen LogP contribution in [0, 0.1) is 6.92 Å². The summed E-state index contributed by atoms with van der Waals surface area (Å²) in [5.41, 5.74) is 2.11. The van der Waals surface area contributed by atoms with Crippen molar-refractivity contribution in [2.45, 2.75) is 53.1 Å². The molecule has 1 aromatic carbocycles. The van der Waals surface area contributed by atoms with Crippen molar-refractivity contribution in [2.24, 2.45) is 0 Å². The van der Waals surface area contributed by atoms with E-state index in [0.29, 0.717) is 0 Å². The number of hydrogen-bond acceptors (Lipinski definition) is 6. The maximum Gasteiger partial charge on any atom is 0.326 e. The van der Waals surface area contributed by atoms with Crippen LogP contribution in [0.1, 0.15) is 57.2 Å². The number of methoxy groups -OCH3 is 1. The maximum absolute atomic E-state index is 12.7. The second-order valence-corrected chi connectivity index (χ2v) is 8.95. The molecular weight excluding hydrogens is 378 g/mol. The predicted molar refractivity (Wildman–Crippen MR) is 110 cm³/mol. The highest BCUT2D eigenvalue weighted by Gasteiger charge is 2.37. The number of carbonyl (C=O) groups is 3. The number of hydrogen-bond donors (Lipinski definition) is 0. The van der Waals surface area contributed by atoms with Gasteiger partial charge in [0.1, 0.15) is 17.9 Å². The number of rotatable bonds is 5. The minimum Gasteiger partial charge on any atom is -0.496 e. The summed E-state index contributed by atoms with van der Waals surface area (Å²) in [6.45, 7) is 10.9. The second-order valence-electron chi connectivity index (χ2n) is 7.96. The van der Waals surface area contributed by atoms with Gasteiger partial charge in [-0.15, -0.1) is 0 Å². The highest BCUT2D eigenvalue weighted by Crippen LogP contribution is 2.35. The summed E-state index contributed by atoms with van der Waals surface area (Å²) in [6.07, 6.45) is 1.70. The van der Waals surface area contributed by atoms with Gasteiger partial charge in [-0.05, 0) is 80.3 Å². The Morgan fingerprint density at radius 3 is 2.43 bits per heavy atom. The molecule has 0 atom stereocenters. The van der Waals surface area contributed by atoms with Gasteiger partial charge in [-0.1, -0.05) is 13.8 Å². The van der Waals surface area contributed by atoms with Gasteiger partial charge < -0.3 is 9.47 Å². The third-order valence-electron chi connectivity index (χ3n) is 4.11. The fraction of sp³-hybridized carbons (Fsp3) is 0.476. The van der Waals surface area contributed by atoms with Crippen LogP contribution in [-0.4, -0.2) is 41.3 Å². The van der Waals surface area contributed by atoms with E-state index in [1.54, 1.807) is 34.0 Å². The molecule has 6 nitrogen and oxygen atoms in total. The fourth-order valence-electron chi connectivity index (χ4n) is 2.78. The van der Waals surface area contributed by atoms with Crippen LogP contribution in [0.15, 0.2) is 17.0 Å². The smallest absolute Gasteiger partial charge is 0.326 e. The second kappa shape index (κ2) is 8.39. The van der Waals surface area contributed by atoms with Gasteiger partial charge in [0.25, 0.3) is 11.1 Å². The molecule has 0 aromatic heterocycles. The van der Waals surface area contributed by atoms with Crippen molar-refractivity contribution in [1.82, 2.24) is 4.90 Å². The lowest BCUT2D eigenvalue weighted by molar-refractivity contribution is -0.156. The molecular formula is C21H27NO5S. The summed E-state index contributed by atoms with van der Waals surface area (Å²) >= 11 is 0.829. The van der Waals surface area contributed by atoms with E-state index >= 15 is 0 Å². The minimum absolute atomic E-state index is 0.241. The molecule has 0 aliphatic carbocycles. The van der Waals surface area contributed by atoms with Crippen LogP contribution in [0.5, 0.6) is 5.75 Å². The van der Waals surface area contributed by atoms with E-state index in [-0.39, 0.29) is 10.8 Å². The lowest BCUT2D eigenvalue weighted by atomic mass is 9.96. The molecule has 0 saturated carbocycles. The number of ether oxygens (including phenoxy) is 2. The minimum atomic E-state index is -0.678. The van der Waals surface area contributed by atoms with Gasteiger partial charge in [0.2, 0.25) is 0 Å². The molecule has 152 valence electrons. The van der Waals surface area contributed by atoms with Gasteiger partial charge in [-0.3, -0.25) is 19.3 Å². The first-order valence-electron chi connectivity index (χ1n) is 9.08. The molecule has 2 amide bonds. The van der Waals surface area contributed by atoms with Crippen molar-refractivity contribution < 1.29 is 23.9 Å². The average Bonchev–Trinajstić information content (AvgIpc) is 2.81. The van der Waals surface area contributed by atoms with Gasteiger partial charge in [0, 0.05) is 0 Å². The van der Waals surface area contributed by atoms with Gasteiger partial charge in [-0.2, -0.15) is 0 Å². The molecule has 1 aliphatic rings. The number of thioether (sulfide) groups is 1. The standard InChI is InChI=1S/C21H27NO5S/c1-12(2)15-9-14(13(3)8-16(15)26-7)10-17-19(24)22(20(25)28-17)11-18(23)27-21(4,5)6/h8-10,12H,11H2,1-7H3. The van der Waals surface area contributed by atoms with Crippen LogP contribution >= 0.6 is 11.8 Å². The van der Waals surface area contributed by atoms with Crippen molar-refractivity contribution >= 4 is 35.0 Å². The molecule has 0 spiro atoms. The van der Waals surface area contributed by atoms with Crippen LogP contribution < -0.4 is 4.74 Å². The molecule has 1 heterocycles. The zero-order chi connectivity index (χ0) is 21.2. The number of nitrogens with zero attached hydrogens (tertiary/aromatic N) is 1. The molecule has 7 heteroatoms. The number of benzene rings is 1. The highest BCUT2D eigenvalue weighted by atomic mass is 32.2. The molecule has 1 fully saturated rings. The molecule has 0 unspecified atom stereocenters. The van der Waals surface area contributed by atoms with Gasteiger partial charge in [-0.25, -0.2) is 0 Å². The number of aryl methyl sites for hydroxylation is 1. The molecule has 0 N–H and O–H groups in total. The van der Waals surface area contributed by atoms with E-state index in [9.17, 15) is 14.4 Å². The first-order chi connectivity index (χ1) is 12.9. The quantitative estimate of drug-likeness (QED) is 0.530. The first-order valence-corrected chi connectivity index (χ1v) is 9.90. The Bertz CT molecular complexity index is 836. The van der Waals surface area contributed by atoms with Crippen LogP contribution in [0.2, 0.25) is 0 Å². The number of imide groups is 1. The predicted octanol–water partition coefficient (Wildman–Crippen LogP) is 4.51. The molecule has 2 rings (SSSR count). The van der Waals surface area contributed by atoms with E-state index < -0.39 is 29.3 Å². The van der Waals surface area contributed by atoms with Crippen LogP contribution in [-0.2, 0) is 14.3 Å². The molecule has 1 aliphatic heterocycles. The largest absolute Gasteiger partial charge is 0.496 e. The van der Waals surface area contributed by atoms with Crippen LogP contribution in [0.3, 0.4) is 0 Å². The molecule has 0 bridgehead atoms. The van der Waals surface area contributed by atoms with E-state index in [1.165, 1.54) is 0 Å². The lowest BCUT2D eigenvalue weighted by Gasteiger charge is -2.21. The molecule has 0 radical (unpaired) electrons. The molecule has 1 saturated heterocycles. The molecule has 28 heavy (non-hydrogen) atoms. The normalized spacial score (nSPS) is 16.3. The van der Waals surface area contributed by atoms with Crippen LogP contribution in [0.4, 0.5) is 4.79 Å². The Morgan fingerprint density at radius 1 is 1.25 bits per heavy atom. The van der Waals surface area contributed by atoms with E-state index in [4.69, 9.17) is 9.47 Å². The Balaban J connectivity index is 2.28. The Hall–Kier alpha value is -2.28.